The summed E-state index contributed by atoms with van der Waals surface area (Å²) in [5.41, 5.74) is 0.876. The third-order valence-corrected chi connectivity index (χ3v) is 3.58. The van der Waals surface area contributed by atoms with Gasteiger partial charge in [0.1, 0.15) is 0 Å². The van der Waals surface area contributed by atoms with Gasteiger partial charge < -0.3 is 14.4 Å². The number of benzene rings is 1. The lowest BCUT2D eigenvalue weighted by Gasteiger charge is -2.36. The molecular weight excluding hydrogens is 282 g/mol. The zero-order chi connectivity index (χ0) is 16.1. The van der Waals surface area contributed by atoms with E-state index < -0.39 is 6.10 Å². The average Bonchev–Trinajstić information content (AvgIpc) is 2.46. The van der Waals surface area contributed by atoms with E-state index in [0.29, 0.717) is 13.1 Å². The molecule has 1 saturated heterocycles. The molecule has 2 rings (SSSR count). The summed E-state index contributed by atoms with van der Waals surface area (Å²) in [4.78, 5) is 26.0. The first-order valence-electron chi connectivity index (χ1n) is 7.63. The molecule has 0 saturated carbocycles. The Morgan fingerprint density at radius 2 is 1.82 bits per heavy atom. The molecular formula is C17H23NO4. The normalized spacial score (nSPS) is 23.0. The number of carbonyl (C=O) groups is 2. The van der Waals surface area contributed by atoms with E-state index in [0.717, 1.165) is 5.56 Å². The van der Waals surface area contributed by atoms with Gasteiger partial charge in [-0.25, -0.2) is 0 Å². The zero-order valence-electron chi connectivity index (χ0n) is 13.3. The Balaban J connectivity index is 1.86. The highest BCUT2D eigenvalue weighted by atomic mass is 16.5. The second-order valence-electron chi connectivity index (χ2n) is 5.80. The Bertz CT molecular complexity index is 507. The molecule has 5 heteroatoms. The van der Waals surface area contributed by atoms with Gasteiger partial charge in [0, 0.05) is 13.1 Å². The molecule has 5 nitrogen and oxygen atoms in total. The summed E-state index contributed by atoms with van der Waals surface area (Å²) in [6, 6.07) is 9.35. The standard InChI is InChI=1S/C17H23NO4/c1-12-10-18(11-13(2)21-12)17(20)14(3)22-16(19)9-15-7-5-4-6-8-15/h4-8,12-14H,9-11H2,1-3H3. The second kappa shape index (κ2) is 7.40. The maximum atomic E-state index is 12.4. The van der Waals surface area contributed by atoms with Crippen molar-refractivity contribution in [2.24, 2.45) is 0 Å². The molecule has 22 heavy (non-hydrogen) atoms. The first-order valence-corrected chi connectivity index (χ1v) is 7.63. The fourth-order valence-electron chi connectivity index (χ4n) is 2.67. The third-order valence-electron chi connectivity index (χ3n) is 3.58. The van der Waals surface area contributed by atoms with Gasteiger partial charge in [0.25, 0.3) is 5.91 Å². The average molecular weight is 305 g/mol. The Morgan fingerprint density at radius 3 is 2.41 bits per heavy atom. The number of morpholine rings is 1. The summed E-state index contributed by atoms with van der Waals surface area (Å²) in [5.74, 6) is -0.551. The van der Waals surface area contributed by atoms with Crippen LogP contribution in [0, 0.1) is 0 Å². The van der Waals surface area contributed by atoms with Crippen LogP contribution in [0.4, 0.5) is 0 Å². The molecule has 0 aromatic heterocycles. The van der Waals surface area contributed by atoms with Crippen molar-refractivity contribution in [3.63, 3.8) is 0 Å². The van der Waals surface area contributed by atoms with Crippen LogP contribution in [0.2, 0.25) is 0 Å². The first kappa shape index (κ1) is 16.5. The van der Waals surface area contributed by atoms with Crippen LogP contribution < -0.4 is 0 Å². The number of nitrogens with zero attached hydrogens (tertiary/aromatic N) is 1. The van der Waals surface area contributed by atoms with E-state index in [1.165, 1.54) is 0 Å². The van der Waals surface area contributed by atoms with Crippen LogP contribution in [-0.2, 0) is 25.5 Å². The second-order valence-corrected chi connectivity index (χ2v) is 5.80. The Hall–Kier alpha value is -1.88. The molecule has 0 spiro atoms. The molecule has 1 aliphatic rings. The van der Waals surface area contributed by atoms with Crippen LogP contribution in [0.25, 0.3) is 0 Å². The molecule has 1 heterocycles. The monoisotopic (exact) mass is 305 g/mol. The number of ether oxygens (including phenoxy) is 2. The molecule has 0 bridgehead atoms. The lowest BCUT2D eigenvalue weighted by molar-refractivity contribution is -0.164. The van der Waals surface area contributed by atoms with Crippen molar-refractivity contribution in [1.29, 1.82) is 0 Å². The first-order chi connectivity index (χ1) is 10.5. The number of carbonyl (C=O) groups excluding carboxylic acids is 2. The molecule has 1 aliphatic heterocycles. The Morgan fingerprint density at radius 1 is 1.23 bits per heavy atom. The Labute approximate surface area is 131 Å². The number of rotatable bonds is 4. The number of esters is 1. The fraction of sp³-hybridized carbons (Fsp3) is 0.529. The molecule has 0 radical (unpaired) electrons. The smallest absolute Gasteiger partial charge is 0.311 e. The topological polar surface area (TPSA) is 55.8 Å². The Kier molecular flexibility index (Phi) is 5.55. The molecule has 120 valence electrons. The molecule has 3 atom stereocenters. The van der Waals surface area contributed by atoms with Crippen LogP contribution in [0.15, 0.2) is 30.3 Å². The number of hydrogen-bond donors (Lipinski definition) is 0. The minimum atomic E-state index is -0.770. The molecule has 1 aromatic rings. The van der Waals surface area contributed by atoms with Gasteiger partial charge >= 0.3 is 5.97 Å². The van der Waals surface area contributed by atoms with E-state index in [4.69, 9.17) is 9.47 Å². The van der Waals surface area contributed by atoms with Crippen molar-refractivity contribution in [3.05, 3.63) is 35.9 Å². The van der Waals surface area contributed by atoms with Crippen LogP contribution >= 0.6 is 0 Å². The van der Waals surface area contributed by atoms with Crippen LogP contribution in [0.1, 0.15) is 26.3 Å². The predicted molar refractivity (Wildman–Crippen MR) is 82.3 cm³/mol. The van der Waals surface area contributed by atoms with E-state index >= 15 is 0 Å². The highest BCUT2D eigenvalue weighted by Gasteiger charge is 2.30. The van der Waals surface area contributed by atoms with E-state index in [1.807, 2.05) is 44.2 Å². The van der Waals surface area contributed by atoms with E-state index in [-0.39, 0.29) is 30.5 Å². The van der Waals surface area contributed by atoms with Gasteiger partial charge in [0.15, 0.2) is 6.10 Å². The van der Waals surface area contributed by atoms with E-state index in [1.54, 1.807) is 11.8 Å². The molecule has 0 N–H and O–H groups in total. The van der Waals surface area contributed by atoms with Crippen LogP contribution in [0.3, 0.4) is 0 Å². The van der Waals surface area contributed by atoms with Crippen molar-refractivity contribution in [2.75, 3.05) is 13.1 Å². The lowest BCUT2D eigenvalue weighted by Crippen LogP contribution is -2.51. The van der Waals surface area contributed by atoms with E-state index in [2.05, 4.69) is 0 Å². The quantitative estimate of drug-likeness (QED) is 0.796. The van der Waals surface area contributed by atoms with Gasteiger partial charge in [-0.1, -0.05) is 30.3 Å². The summed E-state index contributed by atoms with van der Waals surface area (Å²) in [6.07, 6.45) is -0.595. The van der Waals surface area contributed by atoms with Gasteiger partial charge in [0.05, 0.1) is 18.6 Å². The molecule has 1 aromatic carbocycles. The van der Waals surface area contributed by atoms with Crippen LogP contribution in [-0.4, -0.2) is 48.2 Å². The summed E-state index contributed by atoms with van der Waals surface area (Å²) >= 11 is 0. The SMILES string of the molecule is CC1CN(C(=O)C(C)OC(=O)Cc2ccccc2)CC(C)O1. The maximum Gasteiger partial charge on any atom is 0.311 e. The van der Waals surface area contributed by atoms with Crippen molar-refractivity contribution in [3.8, 4) is 0 Å². The summed E-state index contributed by atoms with van der Waals surface area (Å²) in [7, 11) is 0. The molecule has 3 unspecified atom stereocenters. The van der Waals surface area contributed by atoms with Crippen molar-refractivity contribution >= 4 is 11.9 Å². The minimum absolute atomic E-state index is 0.0000738. The van der Waals surface area contributed by atoms with Crippen molar-refractivity contribution < 1.29 is 19.1 Å². The van der Waals surface area contributed by atoms with Gasteiger partial charge in [-0.2, -0.15) is 0 Å². The lowest BCUT2D eigenvalue weighted by atomic mass is 10.1. The molecule has 1 amide bonds. The highest BCUT2D eigenvalue weighted by Crippen LogP contribution is 2.13. The number of hydrogen-bond acceptors (Lipinski definition) is 4. The van der Waals surface area contributed by atoms with Gasteiger partial charge in [-0.15, -0.1) is 0 Å². The highest BCUT2D eigenvalue weighted by molar-refractivity contribution is 5.84. The summed E-state index contributed by atoms with van der Waals surface area (Å²) in [6.45, 7) is 6.55. The van der Waals surface area contributed by atoms with Gasteiger partial charge in [-0.05, 0) is 26.3 Å². The third kappa shape index (κ3) is 4.56. The maximum absolute atomic E-state index is 12.4. The summed E-state index contributed by atoms with van der Waals surface area (Å²) in [5, 5.41) is 0. The summed E-state index contributed by atoms with van der Waals surface area (Å²) < 4.78 is 10.9. The van der Waals surface area contributed by atoms with Gasteiger partial charge in [0.2, 0.25) is 0 Å². The minimum Gasteiger partial charge on any atom is -0.452 e. The number of amides is 1. The largest absolute Gasteiger partial charge is 0.452 e. The fourth-order valence-corrected chi connectivity index (χ4v) is 2.67. The molecule has 0 aliphatic carbocycles. The van der Waals surface area contributed by atoms with Crippen molar-refractivity contribution in [1.82, 2.24) is 4.90 Å². The van der Waals surface area contributed by atoms with Gasteiger partial charge in [-0.3, -0.25) is 9.59 Å². The molecule has 1 fully saturated rings. The van der Waals surface area contributed by atoms with E-state index in [9.17, 15) is 9.59 Å². The zero-order valence-corrected chi connectivity index (χ0v) is 13.3. The van der Waals surface area contributed by atoms with Crippen molar-refractivity contribution in [2.45, 2.75) is 45.5 Å². The predicted octanol–water partition coefficient (Wildman–Crippen LogP) is 1.80. The van der Waals surface area contributed by atoms with Crippen LogP contribution in [0.5, 0.6) is 0 Å².